The molecule has 106 valence electrons. The van der Waals surface area contributed by atoms with Crippen LogP contribution < -0.4 is 10.2 Å². The lowest BCUT2D eigenvalue weighted by Crippen LogP contribution is -2.15. The summed E-state index contributed by atoms with van der Waals surface area (Å²) in [5, 5.41) is 4.54. The summed E-state index contributed by atoms with van der Waals surface area (Å²) in [6.07, 6.45) is 1.74. The van der Waals surface area contributed by atoms with E-state index in [0.717, 1.165) is 16.0 Å². The van der Waals surface area contributed by atoms with Gasteiger partial charge in [0.2, 0.25) is 17.1 Å². The van der Waals surface area contributed by atoms with Gasteiger partial charge in [-0.15, -0.1) is 0 Å². The molecule has 0 saturated heterocycles. The van der Waals surface area contributed by atoms with Crippen LogP contribution in [0.4, 0.5) is 11.9 Å². The maximum absolute atomic E-state index is 4.42. The number of nitrogens with one attached hydrogen (secondary N) is 1. The van der Waals surface area contributed by atoms with Crippen molar-refractivity contribution in [3.8, 4) is 0 Å². The van der Waals surface area contributed by atoms with E-state index in [1.54, 1.807) is 6.20 Å². The molecular formula is C12H15BrN6S. The molecule has 2 heterocycles. The van der Waals surface area contributed by atoms with Crippen molar-refractivity contribution in [3.05, 3.63) is 22.8 Å². The molecule has 0 radical (unpaired) electrons. The van der Waals surface area contributed by atoms with E-state index in [4.69, 9.17) is 0 Å². The van der Waals surface area contributed by atoms with Gasteiger partial charge in [0, 0.05) is 26.8 Å². The number of rotatable bonds is 5. The van der Waals surface area contributed by atoms with E-state index in [9.17, 15) is 0 Å². The van der Waals surface area contributed by atoms with Crippen molar-refractivity contribution in [2.24, 2.45) is 0 Å². The zero-order valence-electron chi connectivity index (χ0n) is 11.5. The minimum absolute atomic E-state index is 0.570. The molecule has 0 bridgehead atoms. The highest BCUT2D eigenvalue weighted by Crippen LogP contribution is 2.30. The molecule has 0 fully saturated rings. The molecule has 0 aliphatic carbocycles. The van der Waals surface area contributed by atoms with Crippen LogP contribution >= 0.6 is 27.7 Å². The number of hydrogen-bond acceptors (Lipinski definition) is 7. The average Bonchev–Trinajstić information content (AvgIpc) is 2.41. The van der Waals surface area contributed by atoms with Gasteiger partial charge in [-0.2, -0.15) is 15.0 Å². The van der Waals surface area contributed by atoms with Crippen LogP contribution in [0.25, 0.3) is 0 Å². The van der Waals surface area contributed by atoms with Gasteiger partial charge >= 0.3 is 0 Å². The fraction of sp³-hybridized carbons (Fsp3) is 0.333. The van der Waals surface area contributed by atoms with E-state index < -0.39 is 0 Å². The third-order valence-electron chi connectivity index (χ3n) is 2.25. The number of halogens is 1. The standard InChI is InChI=1S/C12H15BrN6S/c1-4-14-10-16-11(19(2)3)18-12(17-10)20-9-8(13)6-5-7-15-9/h5-7H,4H2,1-3H3,(H,14,16,17,18). The fourth-order valence-electron chi connectivity index (χ4n) is 1.36. The summed E-state index contributed by atoms with van der Waals surface area (Å²) in [6.45, 7) is 2.76. The zero-order chi connectivity index (χ0) is 14.5. The highest BCUT2D eigenvalue weighted by molar-refractivity contribution is 9.10. The van der Waals surface area contributed by atoms with Gasteiger partial charge in [0.05, 0.1) is 4.47 Å². The summed E-state index contributed by atoms with van der Waals surface area (Å²) >= 11 is 4.87. The molecule has 0 aliphatic rings. The maximum atomic E-state index is 4.42. The number of pyridine rings is 1. The second-order valence-corrected chi connectivity index (χ2v) is 5.87. The van der Waals surface area contributed by atoms with Crippen molar-refractivity contribution in [1.29, 1.82) is 0 Å². The van der Waals surface area contributed by atoms with Gasteiger partial charge in [-0.25, -0.2) is 4.98 Å². The third-order valence-corrected chi connectivity index (χ3v) is 4.04. The van der Waals surface area contributed by atoms with Crippen LogP contribution in [0, 0.1) is 0 Å². The van der Waals surface area contributed by atoms with Crippen LogP contribution in [-0.2, 0) is 0 Å². The van der Waals surface area contributed by atoms with E-state index in [1.165, 1.54) is 11.8 Å². The van der Waals surface area contributed by atoms with E-state index in [2.05, 4.69) is 41.2 Å². The lowest BCUT2D eigenvalue weighted by molar-refractivity contribution is 0.861. The Balaban J connectivity index is 2.33. The zero-order valence-corrected chi connectivity index (χ0v) is 13.9. The topological polar surface area (TPSA) is 66.8 Å². The minimum Gasteiger partial charge on any atom is -0.354 e. The minimum atomic E-state index is 0.570. The van der Waals surface area contributed by atoms with Crippen molar-refractivity contribution in [3.63, 3.8) is 0 Å². The first-order chi connectivity index (χ1) is 9.60. The second kappa shape index (κ2) is 6.85. The number of hydrogen-bond donors (Lipinski definition) is 1. The van der Waals surface area contributed by atoms with Gasteiger partial charge in [-0.05, 0) is 46.7 Å². The quantitative estimate of drug-likeness (QED) is 0.884. The molecule has 1 N–H and O–H groups in total. The highest BCUT2D eigenvalue weighted by atomic mass is 79.9. The molecule has 0 aromatic carbocycles. The van der Waals surface area contributed by atoms with Crippen molar-refractivity contribution in [2.45, 2.75) is 17.1 Å². The number of aromatic nitrogens is 4. The fourth-order valence-corrected chi connectivity index (χ4v) is 2.57. The lowest BCUT2D eigenvalue weighted by Gasteiger charge is -2.12. The van der Waals surface area contributed by atoms with Crippen LogP contribution in [-0.4, -0.2) is 40.6 Å². The van der Waals surface area contributed by atoms with Gasteiger partial charge < -0.3 is 10.2 Å². The molecule has 0 unspecified atom stereocenters. The molecule has 0 atom stereocenters. The maximum Gasteiger partial charge on any atom is 0.230 e. The van der Waals surface area contributed by atoms with Crippen LogP contribution in [0.5, 0.6) is 0 Å². The second-order valence-electron chi connectivity index (χ2n) is 4.06. The third kappa shape index (κ3) is 3.80. The molecular weight excluding hydrogens is 340 g/mol. The number of nitrogens with zero attached hydrogens (tertiary/aromatic N) is 5. The summed E-state index contributed by atoms with van der Waals surface area (Å²) in [6, 6.07) is 3.81. The average molecular weight is 355 g/mol. The van der Waals surface area contributed by atoms with Crippen LogP contribution in [0.15, 0.2) is 33.0 Å². The van der Waals surface area contributed by atoms with Crippen LogP contribution in [0.2, 0.25) is 0 Å². The summed E-state index contributed by atoms with van der Waals surface area (Å²) < 4.78 is 0.918. The largest absolute Gasteiger partial charge is 0.354 e. The van der Waals surface area contributed by atoms with Crippen LogP contribution in [0.3, 0.4) is 0 Å². The van der Waals surface area contributed by atoms with Gasteiger partial charge in [0.25, 0.3) is 0 Å². The van der Waals surface area contributed by atoms with Crippen LogP contribution in [0.1, 0.15) is 6.92 Å². The molecule has 2 rings (SSSR count). The molecule has 0 aliphatic heterocycles. The molecule has 0 spiro atoms. The monoisotopic (exact) mass is 354 g/mol. The Bertz CT molecular complexity index is 592. The highest BCUT2D eigenvalue weighted by Gasteiger charge is 2.11. The van der Waals surface area contributed by atoms with E-state index in [1.807, 2.05) is 38.1 Å². The van der Waals surface area contributed by atoms with Gasteiger partial charge in [0.15, 0.2) is 0 Å². The Kier molecular flexibility index (Phi) is 5.13. The van der Waals surface area contributed by atoms with Crippen molar-refractivity contribution in [1.82, 2.24) is 19.9 Å². The van der Waals surface area contributed by atoms with E-state index >= 15 is 0 Å². The Labute approximate surface area is 130 Å². The molecule has 2 aromatic heterocycles. The van der Waals surface area contributed by atoms with Crippen molar-refractivity contribution >= 4 is 39.6 Å². The van der Waals surface area contributed by atoms with Gasteiger partial charge in [0.1, 0.15) is 5.03 Å². The first-order valence-corrected chi connectivity index (χ1v) is 7.66. The molecule has 8 heteroatoms. The first kappa shape index (κ1) is 15.0. The lowest BCUT2D eigenvalue weighted by atomic mass is 10.5. The summed E-state index contributed by atoms with van der Waals surface area (Å²) in [5.74, 6) is 1.19. The Morgan fingerprint density at radius 1 is 1.30 bits per heavy atom. The van der Waals surface area contributed by atoms with Crippen molar-refractivity contribution < 1.29 is 0 Å². The van der Waals surface area contributed by atoms with Crippen molar-refractivity contribution in [2.75, 3.05) is 30.9 Å². The summed E-state index contributed by atoms with van der Waals surface area (Å²) in [7, 11) is 3.80. The molecule has 6 nitrogen and oxygen atoms in total. The predicted octanol–water partition coefficient (Wildman–Crippen LogP) is 2.68. The molecule has 20 heavy (non-hydrogen) atoms. The summed E-state index contributed by atoms with van der Waals surface area (Å²) in [5.41, 5.74) is 0. The van der Waals surface area contributed by atoms with Gasteiger partial charge in [-0.1, -0.05) is 0 Å². The molecule has 0 saturated carbocycles. The Hall–Kier alpha value is -1.41. The van der Waals surface area contributed by atoms with E-state index in [-0.39, 0.29) is 0 Å². The molecule has 2 aromatic rings. The summed E-state index contributed by atoms with van der Waals surface area (Å²) in [4.78, 5) is 19.3. The Morgan fingerprint density at radius 3 is 2.75 bits per heavy atom. The molecule has 0 amide bonds. The van der Waals surface area contributed by atoms with Gasteiger partial charge in [-0.3, -0.25) is 0 Å². The Morgan fingerprint density at radius 2 is 2.10 bits per heavy atom. The smallest absolute Gasteiger partial charge is 0.230 e. The van der Waals surface area contributed by atoms with E-state index in [0.29, 0.717) is 17.1 Å². The SMILES string of the molecule is CCNc1nc(Sc2ncccc2Br)nc(N(C)C)n1. The first-order valence-electron chi connectivity index (χ1n) is 6.05. The number of anilines is 2. The normalized spacial score (nSPS) is 10.4. The predicted molar refractivity (Wildman–Crippen MR) is 84.4 cm³/mol.